The summed E-state index contributed by atoms with van der Waals surface area (Å²) < 4.78 is 33.0. The molecule has 10 heteroatoms. The Bertz CT molecular complexity index is 766. The molecule has 0 aliphatic rings. The number of ether oxygens (including phenoxy) is 1. The van der Waals surface area contributed by atoms with Crippen LogP contribution in [0.5, 0.6) is 0 Å². The van der Waals surface area contributed by atoms with Crippen molar-refractivity contribution < 1.29 is 17.9 Å². The summed E-state index contributed by atoms with van der Waals surface area (Å²) in [4.78, 5) is 15.5. The Morgan fingerprint density at radius 1 is 1.57 bits per heavy atom. The van der Waals surface area contributed by atoms with Gasteiger partial charge in [0.25, 0.3) is 10.0 Å². The number of imidazole rings is 1. The summed E-state index contributed by atoms with van der Waals surface area (Å²) >= 11 is 6.95. The van der Waals surface area contributed by atoms with Crippen molar-refractivity contribution in [2.45, 2.75) is 11.9 Å². The number of hydrogen-bond donors (Lipinski definition) is 1. The van der Waals surface area contributed by atoms with Crippen molar-refractivity contribution in [3.8, 4) is 0 Å². The first-order chi connectivity index (χ1) is 9.86. The third-order valence-corrected chi connectivity index (χ3v) is 5.27. The average Bonchev–Trinajstić information content (AvgIpc) is 2.98. The van der Waals surface area contributed by atoms with Crippen LogP contribution in [0.25, 0.3) is 0 Å². The number of carbonyl (C=O) groups is 1. The van der Waals surface area contributed by atoms with Crippen molar-refractivity contribution >= 4 is 43.9 Å². The lowest BCUT2D eigenvalue weighted by Gasteiger charge is -2.07. The Labute approximate surface area is 130 Å². The molecule has 0 saturated heterocycles. The number of halogens is 1. The fourth-order valence-corrected chi connectivity index (χ4v) is 4.04. The van der Waals surface area contributed by atoms with E-state index in [9.17, 15) is 13.2 Å². The van der Waals surface area contributed by atoms with Crippen LogP contribution in [-0.2, 0) is 21.8 Å². The monoisotopic (exact) mass is 349 g/mol. The fraction of sp³-hybridized carbons (Fsp3) is 0.273. The van der Waals surface area contributed by atoms with Gasteiger partial charge in [-0.1, -0.05) is 11.6 Å². The third-order valence-electron chi connectivity index (χ3n) is 2.48. The van der Waals surface area contributed by atoms with E-state index >= 15 is 0 Å². The van der Waals surface area contributed by atoms with E-state index in [1.54, 1.807) is 19.4 Å². The highest BCUT2D eigenvalue weighted by molar-refractivity contribution is 7.93. The summed E-state index contributed by atoms with van der Waals surface area (Å²) in [5, 5.41) is 1.44. The molecule has 0 amide bonds. The van der Waals surface area contributed by atoms with Crippen LogP contribution < -0.4 is 4.72 Å². The van der Waals surface area contributed by atoms with Gasteiger partial charge in [0.2, 0.25) is 5.03 Å². The zero-order chi connectivity index (χ0) is 15.6. The smallest absolute Gasteiger partial charge is 0.341 e. The summed E-state index contributed by atoms with van der Waals surface area (Å²) in [6, 6.07) is 1.49. The normalized spacial score (nSPS) is 11.4. The van der Waals surface area contributed by atoms with E-state index in [1.165, 1.54) is 17.0 Å². The number of nitrogens with one attached hydrogen (secondary N) is 1. The molecule has 7 nitrogen and oxygen atoms in total. The van der Waals surface area contributed by atoms with Crippen molar-refractivity contribution in [3.05, 3.63) is 28.5 Å². The molecular formula is C11H12ClN3O4S2. The van der Waals surface area contributed by atoms with Gasteiger partial charge < -0.3 is 9.30 Å². The van der Waals surface area contributed by atoms with Crippen LogP contribution in [0.2, 0.25) is 5.15 Å². The van der Waals surface area contributed by atoms with Gasteiger partial charge in [-0.15, -0.1) is 11.3 Å². The standard InChI is InChI=1S/C11H12ClN3O4S2/c1-3-19-11(16)7-4-5-20-9(7)14-21(17,18)10-8(12)15(2)6-13-10/h4-6,14H,3H2,1-2H3. The predicted molar refractivity (Wildman–Crippen MR) is 79.3 cm³/mol. The zero-order valence-electron chi connectivity index (χ0n) is 11.2. The largest absolute Gasteiger partial charge is 0.462 e. The first kappa shape index (κ1) is 15.8. The van der Waals surface area contributed by atoms with Crippen LogP contribution in [0.15, 0.2) is 22.8 Å². The highest BCUT2D eigenvalue weighted by Crippen LogP contribution is 2.28. The number of thiophene rings is 1. The topological polar surface area (TPSA) is 90.3 Å². The van der Waals surface area contributed by atoms with Crippen LogP contribution in [0.3, 0.4) is 0 Å². The lowest BCUT2D eigenvalue weighted by atomic mass is 10.3. The predicted octanol–water partition coefficient (Wildman–Crippen LogP) is 2.11. The van der Waals surface area contributed by atoms with E-state index in [0.717, 1.165) is 11.3 Å². The number of anilines is 1. The summed E-state index contributed by atoms with van der Waals surface area (Å²) in [6.07, 6.45) is 1.29. The number of aryl methyl sites for hydroxylation is 1. The molecule has 0 saturated carbocycles. The molecule has 1 N–H and O–H groups in total. The Hall–Kier alpha value is -1.58. The van der Waals surface area contributed by atoms with Gasteiger partial charge in [0.05, 0.1) is 18.5 Å². The van der Waals surface area contributed by atoms with Gasteiger partial charge in [0.1, 0.15) is 10.2 Å². The fourth-order valence-electron chi connectivity index (χ4n) is 1.50. The van der Waals surface area contributed by atoms with Gasteiger partial charge in [-0.25, -0.2) is 9.78 Å². The number of hydrogen-bond acceptors (Lipinski definition) is 6. The Kier molecular flexibility index (Phi) is 4.55. The number of sulfonamides is 1. The van der Waals surface area contributed by atoms with Gasteiger partial charge >= 0.3 is 5.97 Å². The molecule has 2 aromatic heterocycles. The molecule has 21 heavy (non-hydrogen) atoms. The number of carbonyl (C=O) groups excluding carboxylic acids is 1. The minimum absolute atomic E-state index is 0.0169. The first-order valence-electron chi connectivity index (χ1n) is 5.81. The zero-order valence-corrected chi connectivity index (χ0v) is 13.5. The maximum atomic E-state index is 12.2. The van der Waals surface area contributed by atoms with Crippen LogP contribution in [-0.4, -0.2) is 30.5 Å². The van der Waals surface area contributed by atoms with E-state index in [0.29, 0.717) is 0 Å². The Balaban J connectivity index is 2.32. The van der Waals surface area contributed by atoms with Gasteiger partial charge in [0.15, 0.2) is 0 Å². The molecule has 0 unspecified atom stereocenters. The second-order valence-corrected chi connectivity index (χ2v) is 6.81. The molecule has 2 rings (SSSR count). The minimum Gasteiger partial charge on any atom is -0.462 e. The molecule has 0 spiro atoms. The highest BCUT2D eigenvalue weighted by Gasteiger charge is 2.25. The number of aromatic nitrogens is 2. The number of rotatable bonds is 5. The van der Waals surface area contributed by atoms with E-state index in [4.69, 9.17) is 16.3 Å². The third kappa shape index (κ3) is 3.20. The van der Waals surface area contributed by atoms with Crippen molar-refractivity contribution in [2.75, 3.05) is 11.3 Å². The van der Waals surface area contributed by atoms with Crippen molar-refractivity contribution in [1.29, 1.82) is 0 Å². The van der Waals surface area contributed by atoms with Gasteiger partial charge in [-0.05, 0) is 18.4 Å². The molecule has 0 aliphatic heterocycles. The summed E-state index contributed by atoms with van der Waals surface area (Å²) in [5.74, 6) is -0.594. The number of esters is 1. The molecular weight excluding hydrogens is 338 g/mol. The van der Waals surface area contributed by atoms with E-state index in [2.05, 4.69) is 9.71 Å². The molecule has 0 atom stereocenters. The maximum Gasteiger partial charge on any atom is 0.341 e. The second kappa shape index (κ2) is 6.04. The maximum absolute atomic E-state index is 12.2. The van der Waals surface area contributed by atoms with Crippen LogP contribution in [0, 0.1) is 0 Å². The molecule has 114 valence electrons. The molecule has 2 aromatic rings. The summed E-state index contributed by atoms with van der Waals surface area (Å²) in [7, 11) is -2.40. The van der Waals surface area contributed by atoms with E-state index in [-0.39, 0.29) is 27.4 Å². The highest BCUT2D eigenvalue weighted by atomic mass is 35.5. The minimum atomic E-state index is -3.98. The van der Waals surface area contributed by atoms with Crippen LogP contribution >= 0.6 is 22.9 Å². The summed E-state index contributed by atoms with van der Waals surface area (Å²) in [6.45, 7) is 1.87. The second-order valence-electron chi connectivity index (χ2n) is 3.94. The van der Waals surface area contributed by atoms with Crippen molar-refractivity contribution in [1.82, 2.24) is 9.55 Å². The van der Waals surface area contributed by atoms with Gasteiger partial charge in [-0.3, -0.25) is 4.72 Å². The Morgan fingerprint density at radius 2 is 2.29 bits per heavy atom. The molecule has 0 aliphatic carbocycles. The molecule has 0 aromatic carbocycles. The van der Waals surface area contributed by atoms with Gasteiger partial charge in [-0.2, -0.15) is 8.42 Å². The molecule has 2 heterocycles. The Morgan fingerprint density at radius 3 is 2.86 bits per heavy atom. The van der Waals surface area contributed by atoms with Crippen LogP contribution in [0.4, 0.5) is 5.00 Å². The van der Waals surface area contributed by atoms with Crippen molar-refractivity contribution in [3.63, 3.8) is 0 Å². The molecule has 0 fully saturated rings. The van der Waals surface area contributed by atoms with Crippen molar-refractivity contribution in [2.24, 2.45) is 7.05 Å². The summed E-state index contributed by atoms with van der Waals surface area (Å²) in [5.41, 5.74) is 0.150. The van der Waals surface area contributed by atoms with Gasteiger partial charge in [0, 0.05) is 7.05 Å². The van der Waals surface area contributed by atoms with E-state index in [1.807, 2.05) is 0 Å². The first-order valence-corrected chi connectivity index (χ1v) is 8.55. The average molecular weight is 350 g/mol. The SMILES string of the molecule is CCOC(=O)c1ccsc1NS(=O)(=O)c1ncn(C)c1Cl. The lowest BCUT2D eigenvalue weighted by Crippen LogP contribution is -2.16. The van der Waals surface area contributed by atoms with Crippen LogP contribution in [0.1, 0.15) is 17.3 Å². The quantitative estimate of drug-likeness (QED) is 0.835. The molecule has 0 radical (unpaired) electrons. The lowest BCUT2D eigenvalue weighted by molar-refractivity contribution is 0.0528. The number of nitrogens with zero attached hydrogens (tertiary/aromatic N) is 2. The molecule has 0 bridgehead atoms. The van der Waals surface area contributed by atoms with E-state index < -0.39 is 16.0 Å².